The maximum Gasteiger partial charge on any atom is 0.268 e. The predicted molar refractivity (Wildman–Crippen MR) is 105 cm³/mol. The number of rotatable bonds is 6. The first-order valence-electron chi connectivity index (χ1n) is 9.56. The number of carbonyl (C=O) groups excluding carboxylic acids is 2. The first kappa shape index (κ1) is 18.3. The zero-order chi connectivity index (χ0) is 19.7. The van der Waals surface area contributed by atoms with E-state index in [4.69, 9.17) is 9.47 Å². The Hall–Kier alpha value is -3.02. The van der Waals surface area contributed by atoms with Crippen LogP contribution in [0.3, 0.4) is 0 Å². The molecule has 0 spiro atoms. The number of hydrogen-bond acceptors (Lipinski definition) is 4. The Morgan fingerprint density at radius 2 is 1.89 bits per heavy atom. The van der Waals surface area contributed by atoms with E-state index in [2.05, 4.69) is 0 Å². The fraction of sp³-hybridized carbons (Fsp3) is 0.364. The second-order valence-electron chi connectivity index (χ2n) is 7.25. The zero-order valence-electron chi connectivity index (χ0n) is 16.1. The largest absolute Gasteiger partial charge is 0.497 e. The Labute approximate surface area is 164 Å². The van der Waals surface area contributed by atoms with Gasteiger partial charge in [-0.3, -0.25) is 14.5 Å². The Kier molecular flexibility index (Phi) is 4.94. The van der Waals surface area contributed by atoms with Gasteiger partial charge in [0.1, 0.15) is 18.0 Å². The molecule has 1 aliphatic carbocycles. The molecule has 0 radical (unpaired) electrons. The summed E-state index contributed by atoms with van der Waals surface area (Å²) in [7, 11) is 1.63. The summed E-state index contributed by atoms with van der Waals surface area (Å²) in [5.41, 5.74) is 1.70. The minimum atomic E-state index is -0.598. The van der Waals surface area contributed by atoms with E-state index in [9.17, 15) is 9.59 Å². The molecular formula is C22H24N2O4. The van der Waals surface area contributed by atoms with Gasteiger partial charge in [-0.05, 0) is 49.6 Å². The normalized spacial score (nSPS) is 18.3. The summed E-state index contributed by atoms with van der Waals surface area (Å²) in [5, 5.41) is 0. The molecule has 2 aliphatic rings. The molecule has 1 unspecified atom stereocenters. The lowest BCUT2D eigenvalue weighted by atomic mass is 10.1. The molecule has 28 heavy (non-hydrogen) atoms. The number of hydrogen-bond donors (Lipinski definition) is 0. The van der Waals surface area contributed by atoms with Gasteiger partial charge in [-0.2, -0.15) is 0 Å². The average Bonchev–Trinajstić information content (AvgIpc) is 3.55. The average molecular weight is 380 g/mol. The van der Waals surface area contributed by atoms with Gasteiger partial charge in [-0.15, -0.1) is 0 Å². The van der Waals surface area contributed by atoms with Crippen LogP contribution in [-0.2, 0) is 16.1 Å². The molecule has 0 bridgehead atoms. The molecule has 2 aromatic rings. The number of carbonyl (C=O) groups is 2. The number of benzene rings is 2. The molecule has 2 aromatic carbocycles. The summed E-state index contributed by atoms with van der Waals surface area (Å²) in [5.74, 6) is 1.19. The first-order valence-corrected chi connectivity index (χ1v) is 9.56. The fourth-order valence-corrected chi connectivity index (χ4v) is 3.48. The van der Waals surface area contributed by atoms with Crippen LogP contribution in [-0.4, -0.2) is 42.5 Å². The Bertz CT molecular complexity index is 876. The Morgan fingerprint density at radius 3 is 2.57 bits per heavy atom. The molecule has 1 aliphatic heterocycles. The number of amides is 2. The third-order valence-electron chi connectivity index (χ3n) is 5.19. The highest BCUT2D eigenvalue weighted by molar-refractivity contribution is 6.03. The summed E-state index contributed by atoms with van der Waals surface area (Å²) in [6, 6.07) is 15.3. The molecule has 2 amide bonds. The minimum absolute atomic E-state index is 0.0240. The molecule has 0 saturated heterocycles. The smallest absolute Gasteiger partial charge is 0.268 e. The highest BCUT2D eigenvalue weighted by Crippen LogP contribution is 2.34. The van der Waals surface area contributed by atoms with Gasteiger partial charge < -0.3 is 14.4 Å². The van der Waals surface area contributed by atoms with Crippen LogP contribution in [0.2, 0.25) is 0 Å². The van der Waals surface area contributed by atoms with Gasteiger partial charge in [-0.1, -0.05) is 24.3 Å². The van der Waals surface area contributed by atoms with Crippen molar-refractivity contribution in [2.75, 3.05) is 18.6 Å². The predicted octanol–water partition coefficient (Wildman–Crippen LogP) is 3.00. The van der Waals surface area contributed by atoms with Gasteiger partial charge in [0.2, 0.25) is 5.91 Å². The molecule has 146 valence electrons. The van der Waals surface area contributed by atoms with Gasteiger partial charge in [0, 0.05) is 12.6 Å². The summed E-state index contributed by atoms with van der Waals surface area (Å²) in [4.78, 5) is 29.3. The molecule has 4 rings (SSSR count). The molecule has 1 saturated carbocycles. The minimum Gasteiger partial charge on any atom is -0.497 e. The zero-order valence-corrected chi connectivity index (χ0v) is 16.1. The number of para-hydroxylation sites is 2. The number of fused-ring (bicyclic) bond motifs is 1. The summed E-state index contributed by atoms with van der Waals surface area (Å²) in [6.07, 6.45) is 1.41. The van der Waals surface area contributed by atoms with E-state index in [1.54, 1.807) is 18.9 Å². The summed E-state index contributed by atoms with van der Waals surface area (Å²) in [6.45, 7) is 2.27. The van der Waals surface area contributed by atoms with Crippen LogP contribution in [0.1, 0.15) is 25.3 Å². The lowest BCUT2D eigenvalue weighted by molar-refractivity contribution is -0.134. The van der Waals surface area contributed by atoms with E-state index in [0.29, 0.717) is 18.0 Å². The first-order chi connectivity index (χ1) is 13.6. The maximum absolute atomic E-state index is 13.1. The molecule has 1 atom stereocenters. The molecule has 6 heteroatoms. The highest BCUT2D eigenvalue weighted by atomic mass is 16.5. The van der Waals surface area contributed by atoms with Crippen LogP contribution < -0.4 is 14.4 Å². The maximum atomic E-state index is 13.1. The van der Waals surface area contributed by atoms with Gasteiger partial charge in [0.25, 0.3) is 5.91 Å². The second-order valence-corrected chi connectivity index (χ2v) is 7.25. The lowest BCUT2D eigenvalue weighted by Gasteiger charge is -2.34. The van der Waals surface area contributed by atoms with E-state index >= 15 is 0 Å². The van der Waals surface area contributed by atoms with Crippen molar-refractivity contribution in [2.24, 2.45) is 0 Å². The summed E-state index contributed by atoms with van der Waals surface area (Å²) < 4.78 is 10.9. The van der Waals surface area contributed by atoms with E-state index < -0.39 is 6.10 Å². The van der Waals surface area contributed by atoms with Crippen molar-refractivity contribution in [1.29, 1.82) is 0 Å². The van der Waals surface area contributed by atoms with E-state index in [1.165, 1.54) is 0 Å². The molecule has 0 aromatic heterocycles. The fourth-order valence-electron chi connectivity index (χ4n) is 3.48. The van der Waals surface area contributed by atoms with Crippen molar-refractivity contribution < 1.29 is 19.1 Å². The van der Waals surface area contributed by atoms with Gasteiger partial charge in [0.05, 0.1) is 12.8 Å². The third kappa shape index (κ3) is 3.67. The molecule has 0 N–H and O–H groups in total. The molecule has 6 nitrogen and oxygen atoms in total. The molecular weight excluding hydrogens is 356 g/mol. The lowest BCUT2D eigenvalue weighted by Crippen LogP contribution is -2.49. The monoisotopic (exact) mass is 380 g/mol. The van der Waals surface area contributed by atoms with Gasteiger partial charge in [0.15, 0.2) is 6.10 Å². The summed E-state index contributed by atoms with van der Waals surface area (Å²) >= 11 is 0. The highest BCUT2D eigenvalue weighted by Gasteiger charge is 2.37. The van der Waals surface area contributed by atoms with Crippen LogP contribution in [0.25, 0.3) is 0 Å². The van der Waals surface area contributed by atoms with Crippen LogP contribution in [0, 0.1) is 0 Å². The second kappa shape index (κ2) is 7.54. The van der Waals surface area contributed by atoms with Gasteiger partial charge in [-0.25, -0.2) is 0 Å². The Morgan fingerprint density at radius 1 is 1.18 bits per heavy atom. The van der Waals surface area contributed by atoms with Crippen molar-refractivity contribution in [3.05, 3.63) is 54.1 Å². The number of methoxy groups -OCH3 is 1. The van der Waals surface area contributed by atoms with E-state index in [-0.39, 0.29) is 24.4 Å². The van der Waals surface area contributed by atoms with Crippen molar-refractivity contribution in [3.63, 3.8) is 0 Å². The number of nitrogens with zero attached hydrogens (tertiary/aromatic N) is 2. The van der Waals surface area contributed by atoms with Crippen molar-refractivity contribution in [3.8, 4) is 11.5 Å². The van der Waals surface area contributed by atoms with E-state index in [1.807, 2.05) is 53.4 Å². The van der Waals surface area contributed by atoms with Crippen molar-refractivity contribution >= 4 is 17.5 Å². The SMILES string of the molecule is COc1ccc(CN(C(=O)CN2C(=O)C(C)Oc3ccccc32)C2CC2)cc1. The van der Waals surface area contributed by atoms with Crippen molar-refractivity contribution in [1.82, 2.24) is 4.90 Å². The van der Waals surface area contributed by atoms with Crippen molar-refractivity contribution in [2.45, 2.75) is 38.5 Å². The van der Waals surface area contributed by atoms with Crippen LogP contribution >= 0.6 is 0 Å². The van der Waals surface area contributed by atoms with Crippen LogP contribution in [0.15, 0.2) is 48.5 Å². The van der Waals surface area contributed by atoms with Gasteiger partial charge >= 0.3 is 0 Å². The van der Waals surface area contributed by atoms with E-state index in [0.717, 1.165) is 24.2 Å². The molecule has 1 fully saturated rings. The third-order valence-corrected chi connectivity index (χ3v) is 5.19. The Balaban J connectivity index is 1.52. The van der Waals surface area contributed by atoms with Crippen LogP contribution in [0.5, 0.6) is 11.5 Å². The topological polar surface area (TPSA) is 59.1 Å². The number of anilines is 1. The van der Waals surface area contributed by atoms with Crippen LogP contribution in [0.4, 0.5) is 5.69 Å². The standard InChI is InChI=1S/C22H24N2O4/c1-15-22(26)24(19-5-3-4-6-20(19)28-15)14-21(25)23(17-9-10-17)13-16-7-11-18(27-2)12-8-16/h3-8,11-12,15,17H,9-10,13-14H2,1-2H3. The molecule has 1 heterocycles. The number of ether oxygens (including phenoxy) is 2. The quantitative estimate of drug-likeness (QED) is 0.773.